The van der Waals surface area contributed by atoms with Crippen LogP contribution in [0.25, 0.3) is 0 Å². The first-order valence-electron chi connectivity index (χ1n) is 47.1. The van der Waals surface area contributed by atoms with Gasteiger partial charge in [0.15, 0.2) is 13.4 Å². The molecule has 16 heteroatoms. The van der Waals surface area contributed by atoms with Crippen LogP contribution in [0.2, 0.25) is 34.9 Å². The summed E-state index contributed by atoms with van der Waals surface area (Å²) in [5.41, 5.74) is 16.0. The molecule has 30 unspecified atom stereocenters. The number of nitrogens with zero attached hydrogens (tertiary/aromatic N) is 9. The summed E-state index contributed by atoms with van der Waals surface area (Å²) in [6.07, 6.45) is 42.6. The third-order valence-electron chi connectivity index (χ3n) is 37.2. The average Bonchev–Trinajstić information content (AvgIpc) is 1.48. The van der Waals surface area contributed by atoms with Gasteiger partial charge in [0.25, 0.3) is 0 Å². The minimum absolute atomic E-state index is 0.224. The predicted molar refractivity (Wildman–Crippen MR) is 456 cm³/mol. The number of anilines is 4. The number of dihydropyridines is 1. The van der Waals surface area contributed by atoms with Crippen molar-refractivity contribution in [3.05, 3.63) is 221 Å². The highest BCUT2D eigenvalue weighted by Crippen LogP contribution is 2.74. The van der Waals surface area contributed by atoms with Crippen molar-refractivity contribution in [2.75, 3.05) is 45.8 Å². The maximum absolute atomic E-state index is 5.41. The normalized spacial score (nSPS) is 44.0. The number of pyridine rings is 1. The summed E-state index contributed by atoms with van der Waals surface area (Å²) in [5, 5.41) is 21.6. The van der Waals surface area contributed by atoms with Crippen molar-refractivity contribution in [1.29, 1.82) is 0 Å². The molecule has 30 atom stereocenters. The Labute approximate surface area is 676 Å². The van der Waals surface area contributed by atoms with Crippen LogP contribution in [0.5, 0.6) is 0 Å². The zero-order valence-electron chi connectivity index (χ0n) is 66.7. The first-order valence-corrected chi connectivity index (χ1v) is 47.1. The Bertz CT molecular complexity index is 4900. The Balaban J connectivity index is 0.555. The van der Waals surface area contributed by atoms with E-state index in [0.29, 0.717) is 155 Å². The van der Waals surface area contributed by atoms with Crippen LogP contribution in [-0.2, 0) is 0 Å². The molecule has 1 aromatic heterocycles. The van der Waals surface area contributed by atoms with Crippen LogP contribution in [0.3, 0.4) is 0 Å². The van der Waals surface area contributed by atoms with Gasteiger partial charge in [-0.05, 0) is 263 Å². The molecule has 14 fully saturated rings. The van der Waals surface area contributed by atoms with Crippen LogP contribution in [0.4, 0.5) is 22.7 Å². The number of piperidine rings is 4. The molecule has 0 amide bonds. The van der Waals surface area contributed by atoms with Crippen molar-refractivity contribution < 1.29 is 0 Å². The van der Waals surface area contributed by atoms with Crippen molar-refractivity contribution in [2.24, 2.45) is 41.4 Å². The number of benzene rings is 4. The molecule has 23 aliphatic rings. The van der Waals surface area contributed by atoms with Gasteiger partial charge < -0.3 is 55.1 Å². The lowest BCUT2D eigenvalue weighted by Gasteiger charge is -2.68. The maximum atomic E-state index is 5.41. The largest absolute Gasteiger partial charge is 0.384 e. The van der Waals surface area contributed by atoms with E-state index >= 15 is 0 Å². The van der Waals surface area contributed by atoms with E-state index in [1.807, 2.05) is 22.3 Å². The van der Waals surface area contributed by atoms with E-state index in [1.165, 1.54) is 176 Å². The lowest BCUT2D eigenvalue weighted by atomic mass is 9.18. The number of aromatic nitrogens is 1. The molecular weight excluding hydrogens is 1390 g/mol. The summed E-state index contributed by atoms with van der Waals surface area (Å²) < 4.78 is 0. The van der Waals surface area contributed by atoms with E-state index in [-0.39, 0.29) is 6.17 Å². The van der Waals surface area contributed by atoms with E-state index in [2.05, 4.69) is 230 Å². The van der Waals surface area contributed by atoms with Crippen LogP contribution in [0, 0.1) is 41.4 Å². The van der Waals surface area contributed by atoms with Crippen LogP contribution in [-0.4, -0.2) is 155 Å². The molecule has 584 valence electrons. The Morgan fingerprint density at radius 2 is 0.825 bits per heavy atom. The fourth-order valence-electron chi connectivity index (χ4n) is 34.6. The zero-order chi connectivity index (χ0) is 73.6. The second kappa shape index (κ2) is 25.1. The number of fused-ring (bicyclic) bond motifs is 24. The summed E-state index contributed by atoms with van der Waals surface area (Å²) in [5.74, 6) is 15.7. The van der Waals surface area contributed by atoms with Crippen molar-refractivity contribution in [3.63, 3.8) is 0 Å². The highest BCUT2D eigenvalue weighted by atomic mass is 15.5. The number of allylic oxidation sites excluding steroid dienone is 2. The molecule has 4 aromatic carbocycles. The summed E-state index contributed by atoms with van der Waals surface area (Å²) in [4.78, 5) is 30.6. The molecule has 6 saturated carbocycles. The van der Waals surface area contributed by atoms with E-state index in [4.69, 9.17) is 4.98 Å². The van der Waals surface area contributed by atoms with E-state index in [1.54, 1.807) is 28.8 Å². The van der Waals surface area contributed by atoms with Gasteiger partial charge in [-0.15, -0.1) is 0 Å². The van der Waals surface area contributed by atoms with Gasteiger partial charge in [0, 0.05) is 137 Å². The summed E-state index contributed by atoms with van der Waals surface area (Å²) in [6, 6.07) is 59.5. The smallest absolute Gasteiger partial charge is 0.159 e. The van der Waals surface area contributed by atoms with E-state index < -0.39 is 0 Å². The Morgan fingerprint density at radius 1 is 0.360 bits per heavy atom. The molecule has 0 spiro atoms. The molecule has 0 bridgehead atoms. The molecule has 0 radical (unpaired) electrons. The number of nitrogens with one attached hydrogen (secondary N) is 5. The lowest BCUT2D eigenvalue weighted by molar-refractivity contribution is -0.00373. The molecule has 8 saturated heterocycles. The molecule has 5 N–H and O–H groups in total. The van der Waals surface area contributed by atoms with Gasteiger partial charge in [-0.25, -0.2) is 0 Å². The van der Waals surface area contributed by atoms with Crippen molar-refractivity contribution in [2.45, 2.75) is 285 Å². The van der Waals surface area contributed by atoms with Gasteiger partial charge in [-0.2, -0.15) is 0 Å². The standard InChI is InChI=1S/C98H116B2N14/c1-4-23-59(24-5-1)107-75-41-20-45-103-87(75)83-65-32-17-37-71-91(65)113(97(83)107)79-52-57(74-40-11-13-44-102-74)53-80-86(79)100(71)72-38-18-33-66-84-88-76(42-21-46-104-88)108(98(84)114(80)92(66)72)62-29-14-22-55(48-62)58-49-68-82-64-31-16-36-70-90(64)112(96(82)110(94(68)106-54-58)61-27-8-3-9-28-61)78-51-56(73-39-10-12-43-101-73)50-77-85(78)99(70)69-35-15-30-63-81-67-34-19-47-105-93(67)109(60-25-6-2-7-26-60)95(81)111(77)89(63)69/h1-14,22-29,39-40,43-44,48,56-58,63-72,74-80,85-94,102-106H,15-21,30-38,41-42,45-47,49-54H2. The Morgan fingerprint density at radius 3 is 1.36 bits per heavy atom. The quantitative estimate of drug-likeness (QED) is 0.100. The molecule has 28 rings (SSSR count). The minimum Gasteiger partial charge on any atom is -0.384 e. The van der Waals surface area contributed by atoms with Gasteiger partial charge in [-0.1, -0.05) is 136 Å². The second-order valence-corrected chi connectivity index (χ2v) is 41.1. The van der Waals surface area contributed by atoms with Crippen LogP contribution >= 0.6 is 0 Å². The SMILES string of the molecule is C1=CNC(C2CC3C4B(C5CCCC6C7=C(N(c8ccccc8)C8CCCNC78)N3C56)C3CCCC5C6=C(N(c7cccc(C8CNC9C(C8)C8=C(N9c9ccccc9)N9C%10CC(c%11ccccn%11)CC%11C%10B(C%10CCCC%12C%13=C(N(c%14ccccc%14)C%14NCCCC%13%14)N%11C%10%12)C%10CCCC8C%109)c7)C7CCCNC67)N(C4C2)C35)C=C1. The molecule has 17 aliphatic heterocycles. The molecular formula is C98H116B2N14. The van der Waals surface area contributed by atoms with Gasteiger partial charge in [-0.3, -0.25) is 15.6 Å². The fourth-order valence-corrected chi connectivity index (χ4v) is 34.6. The Hall–Kier alpha value is -7.36. The molecule has 18 heterocycles. The predicted octanol–water partition coefficient (Wildman–Crippen LogP) is 15.6. The Kier molecular flexibility index (Phi) is 14.7. The van der Waals surface area contributed by atoms with Crippen LogP contribution < -0.4 is 46.2 Å². The maximum Gasteiger partial charge on any atom is 0.159 e. The van der Waals surface area contributed by atoms with Gasteiger partial charge in [0.2, 0.25) is 0 Å². The highest BCUT2D eigenvalue weighted by Gasteiger charge is 2.76. The molecule has 114 heavy (non-hydrogen) atoms. The van der Waals surface area contributed by atoms with E-state index in [0.717, 1.165) is 57.1 Å². The van der Waals surface area contributed by atoms with Crippen molar-refractivity contribution in [1.82, 2.24) is 51.2 Å². The van der Waals surface area contributed by atoms with Gasteiger partial charge >= 0.3 is 0 Å². The number of para-hydroxylation sites is 3. The molecule has 14 nitrogen and oxygen atoms in total. The topological polar surface area (TPSA) is 99.0 Å². The number of hydrogen-bond donors (Lipinski definition) is 5. The lowest BCUT2D eigenvalue weighted by Crippen LogP contribution is -2.73. The third kappa shape index (κ3) is 8.84. The van der Waals surface area contributed by atoms with Crippen molar-refractivity contribution in [3.8, 4) is 0 Å². The molecule has 5 aromatic rings. The summed E-state index contributed by atoms with van der Waals surface area (Å²) in [6.45, 7) is 5.92. The second-order valence-electron chi connectivity index (χ2n) is 41.1. The monoisotopic (exact) mass is 1510 g/mol. The van der Waals surface area contributed by atoms with Crippen molar-refractivity contribution >= 4 is 36.2 Å². The van der Waals surface area contributed by atoms with Gasteiger partial charge in [0.05, 0.1) is 36.5 Å². The van der Waals surface area contributed by atoms with Gasteiger partial charge in [0.1, 0.15) is 23.3 Å². The van der Waals surface area contributed by atoms with Crippen LogP contribution in [0.15, 0.2) is 210 Å². The first-order chi connectivity index (χ1) is 56.7. The average molecular weight is 1510 g/mol. The fraction of sp³-hybridized carbons (Fsp3) is 0.582. The molecule has 6 aliphatic carbocycles. The first kappa shape index (κ1) is 66.6. The summed E-state index contributed by atoms with van der Waals surface area (Å²) >= 11 is 0. The van der Waals surface area contributed by atoms with Crippen LogP contribution in [0.1, 0.15) is 171 Å². The number of hydrogen-bond acceptors (Lipinski definition) is 14. The van der Waals surface area contributed by atoms with E-state index in [9.17, 15) is 0 Å². The zero-order valence-corrected chi connectivity index (χ0v) is 66.7. The number of rotatable bonds is 7. The minimum atomic E-state index is 0.224. The highest BCUT2D eigenvalue weighted by molar-refractivity contribution is 6.66. The third-order valence-corrected chi connectivity index (χ3v) is 37.2. The summed E-state index contributed by atoms with van der Waals surface area (Å²) in [7, 11) is 0.